The molecule has 2 heterocycles. The number of nitrogens with two attached hydrogens (primary N) is 1. The summed E-state index contributed by atoms with van der Waals surface area (Å²) in [5.41, 5.74) is 5.44. The van der Waals surface area contributed by atoms with E-state index in [1.807, 2.05) is 4.57 Å². The number of benzene rings is 2. The third-order valence-electron chi connectivity index (χ3n) is 6.77. The Labute approximate surface area is 200 Å². The molecule has 7 nitrogen and oxygen atoms in total. The number of rotatable bonds is 6. The van der Waals surface area contributed by atoms with Crippen molar-refractivity contribution < 1.29 is 18.7 Å². The first-order valence-electron chi connectivity index (χ1n) is 11.3. The van der Waals surface area contributed by atoms with Crippen molar-refractivity contribution in [3.05, 3.63) is 57.1 Å². The lowest BCUT2D eigenvalue weighted by atomic mass is 9.93. The molecule has 3 N–H and O–H groups in total. The van der Waals surface area contributed by atoms with Gasteiger partial charge in [0.05, 0.1) is 27.7 Å². The molecular weight excluding hydrogens is 461 g/mol. The number of ether oxygens (including phenoxy) is 2. The molecule has 1 aliphatic heterocycles. The van der Waals surface area contributed by atoms with Gasteiger partial charge in [-0.3, -0.25) is 9.59 Å². The van der Waals surface area contributed by atoms with E-state index in [1.54, 1.807) is 30.5 Å². The maximum Gasteiger partial charge on any atom is 0.202 e. The molecule has 178 valence electrons. The molecule has 0 bridgehead atoms. The number of hydrogen-bond donors (Lipinski definition) is 2. The SMILES string of the molecule is CC(=O)c1cn2c3c(c(NCCOc4ccc(Cl)cc4)c(F)c(N)c3c1=O)OCC21CCCC1. The molecular formula is C25H25ClFN3O4. The quantitative estimate of drug-likeness (QED) is 0.298. The van der Waals surface area contributed by atoms with Crippen LogP contribution >= 0.6 is 11.6 Å². The number of nitrogens with one attached hydrogen (secondary N) is 1. The fourth-order valence-corrected chi connectivity index (χ4v) is 5.17. The van der Waals surface area contributed by atoms with Crippen molar-refractivity contribution in [3.8, 4) is 11.5 Å². The molecule has 0 radical (unpaired) electrons. The second-order valence-electron chi connectivity index (χ2n) is 8.90. The van der Waals surface area contributed by atoms with Crippen LogP contribution in [-0.2, 0) is 5.54 Å². The van der Waals surface area contributed by atoms with E-state index in [1.165, 1.54) is 6.92 Å². The molecule has 0 unspecified atom stereocenters. The van der Waals surface area contributed by atoms with E-state index in [2.05, 4.69) is 5.32 Å². The molecule has 3 aromatic rings. The summed E-state index contributed by atoms with van der Waals surface area (Å²) in [4.78, 5) is 25.4. The molecule has 1 aromatic heterocycles. The number of carbonyl (C=O) groups excluding carboxylic acids is 1. The molecule has 2 aromatic carbocycles. The third-order valence-corrected chi connectivity index (χ3v) is 7.02. The van der Waals surface area contributed by atoms with Gasteiger partial charge in [-0.2, -0.15) is 0 Å². The molecule has 0 atom stereocenters. The van der Waals surface area contributed by atoms with Gasteiger partial charge in [0.2, 0.25) is 5.43 Å². The highest BCUT2D eigenvalue weighted by atomic mass is 35.5. The lowest BCUT2D eigenvalue weighted by Gasteiger charge is -2.39. The summed E-state index contributed by atoms with van der Waals surface area (Å²) in [5.74, 6) is -0.284. The van der Waals surface area contributed by atoms with Crippen molar-refractivity contribution in [2.24, 2.45) is 0 Å². The molecule has 5 rings (SSSR count). The topological polar surface area (TPSA) is 95.6 Å². The second kappa shape index (κ2) is 8.51. The van der Waals surface area contributed by atoms with Gasteiger partial charge in [-0.25, -0.2) is 4.39 Å². The number of halogens is 2. The molecule has 1 spiro atoms. The van der Waals surface area contributed by atoms with E-state index in [-0.39, 0.29) is 52.5 Å². The van der Waals surface area contributed by atoms with Gasteiger partial charge in [-0.15, -0.1) is 0 Å². The van der Waals surface area contributed by atoms with Crippen LogP contribution in [0.2, 0.25) is 5.02 Å². The van der Waals surface area contributed by atoms with Crippen molar-refractivity contribution in [1.29, 1.82) is 0 Å². The highest BCUT2D eigenvalue weighted by Crippen LogP contribution is 2.48. The van der Waals surface area contributed by atoms with E-state index in [0.717, 1.165) is 25.7 Å². The Hall–Kier alpha value is -3.26. The van der Waals surface area contributed by atoms with Gasteiger partial charge < -0.3 is 25.1 Å². The number of aromatic nitrogens is 1. The van der Waals surface area contributed by atoms with Gasteiger partial charge in [0.25, 0.3) is 0 Å². The van der Waals surface area contributed by atoms with Crippen LogP contribution in [0.25, 0.3) is 10.9 Å². The standard InChI is InChI=1S/C25H25ClFN3O4/c1-14(31)17-12-30-22-18(23(17)32)20(28)19(27)21(24(22)34-13-25(30)8-2-3-9-25)29-10-11-33-16-6-4-15(26)5-7-16/h4-7,12,29H,2-3,8-11,13,28H2,1H3. The molecule has 9 heteroatoms. The van der Waals surface area contributed by atoms with Crippen LogP contribution in [0.5, 0.6) is 11.5 Å². The summed E-state index contributed by atoms with van der Waals surface area (Å²) in [5, 5.41) is 3.63. The first kappa shape index (κ1) is 22.5. The van der Waals surface area contributed by atoms with E-state index >= 15 is 4.39 Å². The van der Waals surface area contributed by atoms with Crippen LogP contribution < -0.4 is 26.0 Å². The molecule has 0 saturated heterocycles. The minimum absolute atomic E-state index is 0.00543. The first-order valence-corrected chi connectivity index (χ1v) is 11.7. The van der Waals surface area contributed by atoms with E-state index < -0.39 is 11.2 Å². The number of Topliss-reactive ketones (excluding diaryl/α,β-unsaturated/α-hetero) is 1. The van der Waals surface area contributed by atoms with Gasteiger partial charge in [-0.05, 0) is 44.0 Å². The summed E-state index contributed by atoms with van der Waals surface area (Å²) in [7, 11) is 0. The number of ketones is 1. The van der Waals surface area contributed by atoms with Gasteiger partial charge in [0, 0.05) is 17.8 Å². The number of nitrogens with zero attached hydrogens (tertiary/aromatic N) is 1. The highest BCUT2D eigenvalue weighted by molar-refractivity contribution is 6.30. The van der Waals surface area contributed by atoms with Gasteiger partial charge in [0.1, 0.15) is 24.7 Å². The number of fused-ring (bicyclic) bond motifs is 1. The molecule has 0 amide bonds. The second-order valence-corrected chi connectivity index (χ2v) is 9.34. The molecule has 1 fully saturated rings. The monoisotopic (exact) mass is 485 g/mol. The fraction of sp³-hybridized carbons (Fsp3) is 0.360. The largest absolute Gasteiger partial charge is 0.492 e. The average Bonchev–Trinajstić information content (AvgIpc) is 3.28. The normalized spacial score (nSPS) is 16.0. The third kappa shape index (κ3) is 3.57. The lowest BCUT2D eigenvalue weighted by molar-refractivity contribution is 0.101. The number of hydrogen-bond acceptors (Lipinski definition) is 6. The van der Waals surface area contributed by atoms with E-state index in [9.17, 15) is 9.59 Å². The van der Waals surface area contributed by atoms with Crippen LogP contribution in [0, 0.1) is 5.82 Å². The summed E-state index contributed by atoms with van der Waals surface area (Å²) >= 11 is 5.89. The van der Waals surface area contributed by atoms with Crippen LogP contribution in [0.1, 0.15) is 43.0 Å². The Bertz CT molecular complexity index is 1350. The highest BCUT2D eigenvalue weighted by Gasteiger charge is 2.42. The molecule has 1 saturated carbocycles. The minimum atomic E-state index is -0.777. The summed E-state index contributed by atoms with van der Waals surface area (Å²) < 4.78 is 29.2. The Morgan fingerprint density at radius 1 is 1.29 bits per heavy atom. The number of nitrogen functional groups attached to an aromatic ring is 1. The Balaban J connectivity index is 1.57. The zero-order chi connectivity index (χ0) is 24.0. The Kier molecular flexibility index (Phi) is 5.64. The zero-order valence-electron chi connectivity index (χ0n) is 18.7. The van der Waals surface area contributed by atoms with Crippen molar-refractivity contribution in [1.82, 2.24) is 4.57 Å². The summed E-state index contributed by atoms with van der Waals surface area (Å²) in [6, 6.07) is 6.94. The van der Waals surface area contributed by atoms with Crippen LogP contribution in [0.4, 0.5) is 15.8 Å². The Morgan fingerprint density at radius 3 is 2.68 bits per heavy atom. The maximum atomic E-state index is 15.5. The fourth-order valence-electron chi connectivity index (χ4n) is 5.04. The van der Waals surface area contributed by atoms with Crippen LogP contribution in [0.3, 0.4) is 0 Å². The van der Waals surface area contributed by atoms with Crippen molar-refractivity contribution in [2.75, 3.05) is 30.8 Å². The smallest absolute Gasteiger partial charge is 0.202 e. The molecule has 34 heavy (non-hydrogen) atoms. The van der Waals surface area contributed by atoms with Crippen LogP contribution in [-0.4, -0.2) is 30.1 Å². The van der Waals surface area contributed by atoms with Crippen molar-refractivity contribution in [3.63, 3.8) is 0 Å². The van der Waals surface area contributed by atoms with Gasteiger partial charge in [-0.1, -0.05) is 24.4 Å². The Morgan fingerprint density at radius 2 is 2.00 bits per heavy atom. The van der Waals surface area contributed by atoms with Crippen LogP contribution in [0.15, 0.2) is 35.3 Å². The molecule has 2 aliphatic rings. The minimum Gasteiger partial charge on any atom is -0.492 e. The lowest BCUT2D eigenvalue weighted by Crippen LogP contribution is -2.42. The van der Waals surface area contributed by atoms with E-state index in [0.29, 0.717) is 22.9 Å². The number of anilines is 2. The average molecular weight is 486 g/mol. The maximum absolute atomic E-state index is 15.5. The number of pyridine rings is 1. The first-order chi connectivity index (χ1) is 16.3. The number of carbonyl (C=O) groups is 1. The van der Waals surface area contributed by atoms with Gasteiger partial charge >= 0.3 is 0 Å². The van der Waals surface area contributed by atoms with Gasteiger partial charge in [0.15, 0.2) is 17.3 Å². The van der Waals surface area contributed by atoms with E-state index in [4.69, 9.17) is 26.8 Å². The van der Waals surface area contributed by atoms with Crippen molar-refractivity contribution >= 4 is 39.7 Å². The van der Waals surface area contributed by atoms with Crippen molar-refractivity contribution in [2.45, 2.75) is 38.1 Å². The zero-order valence-corrected chi connectivity index (χ0v) is 19.5. The summed E-state index contributed by atoms with van der Waals surface area (Å²) in [6.45, 7) is 2.18. The predicted octanol–water partition coefficient (Wildman–Crippen LogP) is 4.73. The molecule has 1 aliphatic carbocycles. The predicted molar refractivity (Wildman–Crippen MR) is 130 cm³/mol. The summed E-state index contributed by atoms with van der Waals surface area (Å²) in [6.07, 6.45) is 5.31.